The molecule has 0 N–H and O–H groups in total. The molecule has 1 saturated heterocycles. The summed E-state index contributed by atoms with van der Waals surface area (Å²) in [6.45, 7) is 7.53. The van der Waals surface area contributed by atoms with Crippen molar-refractivity contribution in [3.05, 3.63) is 35.9 Å². The van der Waals surface area contributed by atoms with Crippen LogP contribution in [0.15, 0.2) is 30.3 Å². The van der Waals surface area contributed by atoms with Crippen LogP contribution in [0.25, 0.3) is 0 Å². The molecule has 108 valence electrons. The number of nitrogens with zero attached hydrogens (tertiary/aromatic N) is 2. The zero-order chi connectivity index (χ0) is 14.4. The summed E-state index contributed by atoms with van der Waals surface area (Å²) < 4.78 is 0. The molecule has 1 aliphatic heterocycles. The van der Waals surface area contributed by atoms with Crippen LogP contribution in [0.2, 0.25) is 0 Å². The molecule has 0 spiro atoms. The van der Waals surface area contributed by atoms with Crippen LogP contribution >= 0.6 is 0 Å². The first-order valence-electron chi connectivity index (χ1n) is 7.76. The Kier molecular flexibility index (Phi) is 5.20. The third kappa shape index (κ3) is 4.65. The van der Waals surface area contributed by atoms with Crippen LogP contribution in [0, 0.1) is 22.7 Å². The smallest absolute Gasteiger partial charge is 0.0684 e. The van der Waals surface area contributed by atoms with Crippen LogP contribution in [-0.2, 0) is 6.42 Å². The SMILES string of the molecule is CC(C)(C#N)CCN1CCC(Cc2ccccc2)CC1. The second-order valence-electron chi connectivity index (χ2n) is 6.72. The fourth-order valence-electron chi connectivity index (χ4n) is 2.86. The van der Waals surface area contributed by atoms with E-state index in [4.69, 9.17) is 5.26 Å². The van der Waals surface area contributed by atoms with Gasteiger partial charge < -0.3 is 4.90 Å². The Bertz CT molecular complexity index is 436. The van der Waals surface area contributed by atoms with Gasteiger partial charge in [-0.15, -0.1) is 0 Å². The molecule has 1 aromatic carbocycles. The molecule has 2 heteroatoms. The fraction of sp³-hybridized carbons (Fsp3) is 0.611. The number of piperidine rings is 1. The maximum absolute atomic E-state index is 9.06. The average Bonchev–Trinajstić information content (AvgIpc) is 2.48. The van der Waals surface area contributed by atoms with Crippen molar-refractivity contribution in [3.63, 3.8) is 0 Å². The van der Waals surface area contributed by atoms with Crippen LogP contribution < -0.4 is 0 Å². The monoisotopic (exact) mass is 270 g/mol. The molecule has 0 atom stereocenters. The van der Waals surface area contributed by atoms with Gasteiger partial charge in [-0.2, -0.15) is 5.26 Å². The topological polar surface area (TPSA) is 27.0 Å². The molecule has 2 rings (SSSR count). The van der Waals surface area contributed by atoms with E-state index in [0.29, 0.717) is 0 Å². The number of hydrogen-bond acceptors (Lipinski definition) is 2. The molecule has 0 amide bonds. The quantitative estimate of drug-likeness (QED) is 0.812. The lowest BCUT2D eigenvalue weighted by Gasteiger charge is -2.33. The summed E-state index contributed by atoms with van der Waals surface area (Å²) in [5, 5.41) is 9.06. The highest BCUT2D eigenvalue weighted by Crippen LogP contribution is 2.24. The predicted molar refractivity (Wildman–Crippen MR) is 83.3 cm³/mol. The summed E-state index contributed by atoms with van der Waals surface area (Å²) in [4.78, 5) is 2.53. The standard InChI is InChI=1S/C18H26N2/c1-18(2,15-19)10-13-20-11-8-17(9-12-20)14-16-6-4-3-5-7-16/h3-7,17H,8-14H2,1-2H3. The molecule has 2 nitrogen and oxygen atoms in total. The van der Waals surface area contributed by atoms with E-state index in [1.807, 2.05) is 13.8 Å². The molecule has 20 heavy (non-hydrogen) atoms. The molecule has 1 fully saturated rings. The third-order valence-electron chi connectivity index (χ3n) is 4.43. The van der Waals surface area contributed by atoms with Crippen LogP contribution in [-0.4, -0.2) is 24.5 Å². The van der Waals surface area contributed by atoms with Gasteiger partial charge in [-0.05, 0) is 70.6 Å². The van der Waals surface area contributed by atoms with Crippen molar-refractivity contribution in [2.75, 3.05) is 19.6 Å². The summed E-state index contributed by atoms with van der Waals surface area (Å²) in [7, 11) is 0. The van der Waals surface area contributed by atoms with Gasteiger partial charge in [0.2, 0.25) is 0 Å². The largest absolute Gasteiger partial charge is 0.303 e. The van der Waals surface area contributed by atoms with Crippen LogP contribution in [0.3, 0.4) is 0 Å². The Morgan fingerprint density at radius 2 is 1.85 bits per heavy atom. The molecule has 0 bridgehead atoms. The zero-order valence-corrected chi connectivity index (χ0v) is 12.8. The molecule has 0 saturated carbocycles. The molecule has 1 aliphatic rings. The van der Waals surface area contributed by atoms with E-state index in [2.05, 4.69) is 41.3 Å². The molecule has 1 heterocycles. The maximum atomic E-state index is 9.06. The molecule has 0 aromatic heterocycles. The van der Waals surface area contributed by atoms with Crippen molar-refractivity contribution >= 4 is 0 Å². The van der Waals surface area contributed by atoms with Crippen molar-refractivity contribution in [2.24, 2.45) is 11.3 Å². The second-order valence-corrected chi connectivity index (χ2v) is 6.72. The number of hydrogen-bond donors (Lipinski definition) is 0. The van der Waals surface area contributed by atoms with Gasteiger partial charge in [0.1, 0.15) is 0 Å². The maximum Gasteiger partial charge on any atom is 0.0684 e. The minimum atomic E-state index is -0.180. The normalized spacial score (nSPS) is 17.9. The first kappa shape index (κ1) is 15.1. The summed E-state index contributed by atoms with van der Waals surface area (Å²) in [5.41, 5.74) is 1.29. The van der Waals surface area contributed by atoms with E-state index in [1.54, 1.807) is 0 Å². The van der Waals surface area contributed by atoms with Crippen molar-refractivity contribution in [3.8, 4) is 6.07 Å². The van der Waals surface area contributed by atoms with Crippen LogP contribution in [0.1, 0.15) is 38.7 Å². The highest BCUT2D eigenvalue weighted by atomic mass is 15.1. The molecule has 0 unspecified atom stereocenters. The first-order valence-corrected chi connectivity index (χ1v) is 7.76. The minimum absolute atomic E-state index is 0.180. The summed E-state index contributed by atoms with van der Waals surface area (Å²) >= 11 is 0. The number of rotatable bonds is 5. The number of likely N-dealkylation sites (tertiary alicyclic amines) is 1. The van der Waals surface area contributed by atoms with Gasteiger partial charge in [0.25, 0.3) is 0 Å². The Morgan fingerprint density at radius 1 is 1.20 bits per heavy atom. The second kappa shape index (κ2) is 6.90. The number of nitriles is 1. The van der Waals surface area contributed by atoms with Gasteiger partial charge in [-0.1, -0.05) is 30.3 Å². The van der Waals surface area contributed by atoms with E-state index in [0.717, 1.165) is 18.9 Å². The average molecular weight is 270 g/mol. The van der Waals surface area contributed by atoms with Gasteiger partial charge in [-0.3, -0.25) is 0 Å². The summed E-state index contributed by atoms with van der Waals surface area (Å²) in [6.07, 6.45) is 4.79. The van der Waals surface area contributed by atoms with Gasteiger partial charge >= 0.3 is 0 Å². The number of benzene rings is 1. The van der Waals surface area contributed by atoms with Crippen molar-refractivity contribution in [1.29, 1.82) is 5.26 Å². The third-order valence-corrected chi connectivity index (χ3v) is 4.43. The highest BCUT2D eigenvalue weighted by Gasteiger charge is 2.22. The van der Waals surface area contributed by atoms with E-state index in [9.17, 15) is 0 Å². The van der Waals surface area contributed by atoms with Gasteiger partial charge in [0.15, 0.2) is 0 Å². The molecular formula is C18H26N2. The van der Waals surface area contributed by atoms with E-state index >= 15 is 0 Å². The fourth-order valence-corrected chi connectivity index (χ4v) is 2.86. The van der Waals surface area contributed by atoms with Crippen molar-refractivity contribution < 1.29 is 0 Å². The predicted octanol–water partition coefficient (Wildman–Crippen LogP) is 3.88. The van der Waals surface area contributed by atoms with E-state index < -0.39 is 0 Å². The Hall–Kier alpha value is -1.33. The lowest BCUT2D eigenvalue weighted by atomic mass is 9.88. The Morgan fingerprint density at radius 3 is 2.45 bits per heavy atom. The first-order chi connectivity index (χ1) is 9.59. The highest BCUT2D eigenvalue weighted by molar-refractivity contribution is 5.15. The van der Waals surface area contributed by atoms with Crippen LogP contribution in [0.5, 0.6) is 0 Å². The van der Waals surface area contributed by atoms with Crippen LogP contribution in [0.4, 0.5) is 0 Å². The van der Waals surface area contributed by atoms with Gasteiger partial charge in [0.05, 0.1) is 11.5 Å². The molecule has 0 radical (unpaired) electrons. The molecule has 0 aliphatic carbocycles. The Labute approximate surface area is 123 Å². The zero-order valence-electron chi connectivity index (χ0n) is 12.8. The summed E-state index contributed by atoms with van der Waals surface area (Å²) in [5.74, 6) is 0.831. The lowest BCUT2D eigenvalue weighted by molar-refractivity contribution is 0.169. The molecular weight excluding hydrogens is 244 g/mol. The summed E-state index contributed by atoms with van der Waals surface area (Å²) in [6, 6.07) is 13.2. The minimum Gasteiger partial charge on any atom is -0.303 e. The Balaban J connectivity index is 1.72. The van der Waals surface area contributed by atoms with Crippen molar-refractivity contribution in [2.45, 2.75) is 39.5 Å². The van der Waals surface area contributed by atoms with Gasteiger partial charge in [-0.25, -0.2) is 0 Å². The molecule has 1 aromatic rings. The van der Waals surface area contributed by atoms with Gasteiger partial charge in [0, 0.05) is 0 Å². The van der Waals surface area contributed by atoms with Crippen molar-refractivity contribution in [1.82, 2.24) is 4.90 Å². The van der Waals surface area contributed by atoms with E-state index in [1.165, 1.54) is 37.9 Å². The van der Waals surface area contributed by atoms with E-state index in [-0.39, 0.29) is 5.41 Å². The lowest BCUT2D eigenvalue weighted by Crippen LogP contribution is -2.36.